The van der Waals surface area contributed by atoms with Crippen LogP contribution >= 0.6 is 0 Å². The van der Waals surface area contributed by atoms with Crippen LogP contribution in [0.15, 0.2) is 115 Å². The molecule has 0 aliphatic carbocycles. The Hall–Kier alpha value is -5.11. The highest BCUT2D eigenvalue weighted by atomic mass is 16.5. The molecule has 0 saturated heterocycles. The second-order valence-corrected chi connectivity index (χ2v) is 9.66. The van der Waals surface area contributed by atoms with Gasteiger partial charge in [0.15, 0.2) is 0 Å². The molecule has 0 spiro atoms. The predicted octanol–water partition coefficient (Wildman–Crippen LogP) is 5.00. The van der Waals surface area contributed by atoms with E-state index in [0.29, 0.717) is 12.4 Å². The fourth-order valence-electron chi connectivity index (χ4n) is 4.27. The summed E-state index contributed by atoms with van der Waals surface area (Å²) in [5.41, 5.74) is 3.50. The third kappa shape index (κ3) is 9.52. The number of nitrogens with one attached hydrogen (secondary N) is 2. The van der Waals surface area contributed by atoms with Crippen molar-refractivity contribution in [3.8, 4) is 5.75 Å². The summed E-state index contributed by atoms with van der Waals surface area (Å²) < 4.78 is 16.2. The average molecular weight is 567 g/mol. The van der Waals surface area contributed by atoms with Gasteiger partial charge in [-0.3, -0.25) is 4.79 Å². The highest BCUT2D eigenvalue weighted by molar-refractivity contribution is 5.90. The maximum atomic E-state index is 13.5. The summed E-state index contributed by atoms with van der Waals surface area (Å²) in [5.74, 6) is -0.452. The van der Waals surface area contributed by atoms with Crippen LogP contribution < -0.4 is 15.4 Å². The largest absolute Gasteiger partial charge is 0.489 e. The van der Waals surface area contributed by atoms with Crippen molar-refractivity contribution in [2.75, 3.05) is 7.11 Å². The molecule has 2 N–H and O–H groups in total. The van der Waals surface area contributed by atoms with Gasteiger partial charge in [0.2, 0.25) is 5.91 Å². The van der Waals surface area contributed by atoms with Crippen molar-refractivity contribution in [2.45, 2.75) is 38.1 Å². The van der Waals surface area contributed by atoms with E-state index in [4.69, 9.17) is 14.2 Å². The molecule has 0 aromatic heterocycles. The third-order valence-corrected chi connectivity index (χ3v) is 6.52. The number of hydrogen-bond acceptors (Lipinski definition) is 6. The molecule has 4 rings (SSSR count). The molecule has 0 aliphatic heterocycles. The number of esters is 1. The van der Waals surface area contributed by atoms with Crippen LogP contribution in [0.4, 0.5) is 4.79 Å². The van der Waals surface area contributed by atoms with Gasteiger partial charge in [0, 0.05) is 12.8 Å². The number of carbonyl (C=O) groups is 3. The Morgan fingerprint density at radius 1 is 0.595 bits per heavy atom. The molecule has 8 nitrogen and oxygen atoms in total. The molecule has 0 bridgehead atoms. The lowest BCUT2D eigenvalue weighted by molar-refractivity contribution is -0.145. The van der Waals surface area contributed by atoms with E-state index in [2.05, 4.69) is 10.6 Å². The van der Waals surface area contributed by atoms with E-state index in [1.54, 1.807) is 0 Å². The van der Waals surface area contributed by atoms with Crippen molar-refractivity contribution in [1.29, 1.82) is 0 Å². The Kier molecular flexibility index (Phi) is 11.1. The van der Waals surface area contributed by atoms with E-state index in [9.17, 15) is 14.4 Å². The number of alkyl carbamates (subject to hydrolysis) is 1. The minimum absolute atomic E-state index is 0.0489. The van der Waals surface area contributed by atoms with Crippen molar-refractivity contribution in [2.24, 2.45) is 0 Å². The summed E-state index contributed by atoms with van der Waals surface area (Å²) in [7, 11) is 1.27. The molecule has 4 aromatic rings. The van der Waals surface area contributed by atoms with Crippen LogP contribution in [0.25, 0.3) is 0 Å². The van der Waals surface area contributed by atoms with E-state index in [1.807, 2.05) is 115 Å². The molecule has 2 atom stereocenters. The van der Waals surface area contributed by atoms with E-state index >= 15 is 0 Å². The molecule has 4 aromatic carbocycles. The standard InChI is InChI=1S/C34H34N2O6/c1-40-33(38)31(22-25-11-5-2-6-12-25)35-32(37)30(36-34(39)42-24-28-15-9-4-10-16-28)21-26-17-19-29(20-18-26)41-23-27-13-7-3-8-14-27/h2-20,30-31H,21-24H2,1H3,(H,35,37)(H,36,39)/t30-,31+/m1/s1. The van der Waals surface area contributed by atoms with Crippen LogP contribution in [-0.2, 0) is 45.1 Å². The minimum atomic E-state index is -1.02. The number of methoxy groups -OCH3 is 1. The quantitative estimate of drug-likeness (QED) is 0.221. The lowest BCUT2D eigenvalue weighted by atomic mass is 10.0. The lowest BCUT2D eigenvalue weighted by Crippen LogP contribution is -2.53. The lowest BCUT2D eigenvalue weighted by Gasteiger charge is -2.22. The van der Waals surface area contributed by atoms with E-state index in [0.717, 1.165) is 22.3 Å². The molecule has 0 heterocycles. The molecule has 0 aliphatic rings. The highest BCUT2D eigenvalue weighted by Crippen LogP contribution is 2.16. The molecule has 0 unspecified atom stereocenters. The van der Waals surface area contributed by atoms with Crippen molar-refractivity contribution < 1.29 is 28.6 Å². The first kappa shape index (κ1) is 29.9. The van der Waals surface area contributed by atoms with Crippen LogP contribution in [0.5, 0.6) is 5.75 Å². The summed E-state index contributed by atoms with van der Waals surface area (Å²) in [4.78, 5) is 38.8. The van der Waals surface area contributed by atoms with Crippen LogP contribution in [-0.4, -0.2) is 37.2 Å². The molecule has 0 fully saturated rings. The second-order valence-electron chi connectivity index (χ2n) is 9.66. The van der Waals surface area contributed by atoms with Gasteiger partial charge >= 0.3 is 12.1 Å². The van der Waals surface area contributed by atoms with Gasteiger partial charge in [0.25, 0.3) is 0 Å². The zero-order valence-corrected chi connectivity index (χ0v) is 23.4. The molecular weight excluding hydrogens is 532 g/mol. The molecule has 0 radical (unpaired) electrons. The Labute approximate surface area is 245 Å². The van der Waals surface area contributed by atoms with Gasteiger partial charge in [0.1, 0.15) is 31.0 Å². The zero-order chi connectivity index (χ0) is 29.6. The van der Waals surface area contributed by atoms with Crippen LogP contribution in [0, 0.1) is 0 Å². The number of hydrogen-bond donors (Lipinski definition) is 2. The zero-order valence-electron chi connectivity index (χ0n) is 23.4. The fraction of sp³-hybridized carbons (Fsp3) is 0.206. The Bertz CT molecular complexity index is 1410. The average Bonchev–Trinajstić information content (AvgIpc) is 3.04. The number of benzene rings is 4. The minimum Gasteiger partial charge on any atom is -0.489 e. The SMILES string of the molecule is COC(=O)[C@H](Cc1ccccc1)NC(=O)[C@@H](Cc1ccc(OCc2ccccc2)cc1)NC(=O)OCc1ccccc1. The van der Waals surface area contributed by atoms with Gasteiger partial charge in [-0.15, -0.1) is 0 Å². The number of amides is 2. The van der Waals surface area contributed by atoms with Gasteiger partial charge in [-0.05, 0) is 34.4 Å². The summed E-state index contributed by atoms with van der Waals surface area (Å²) in [6.07, 6.45) is -0.359. The van der Waals surface area contributed by atoms with E-state index in [1.165, 1.54) is 7.11 Å². The molecule has 42 heavy (non-hydrogen) atoms. The van der Waals surface area contributed by atoms with Crippen LogP contribution in [0.2, 0.25) is 0 Å². The number of carbonyl (C=O) groups excluding carboxylic acids is 3. The Morgan fingerprint density at radius 2 is 1.10 bits per heavy atom. The Balaban J connectivity index is 1.44. The monoisotopic (exact) mass is 566 g/mol. The molecule has 2 amide bonds. The summed E-state index contributed by atoms with van der Waals surface area (Å²) in [6, 6.07) is 33.7. The van der Waals surface area contributed by atoms with Gasteiger partial charge in [-0.1, -0.05) is 103 Å². The summed E-state index contributed by atoms with van der Waals surface area (Å²) >= 11 is 0. The molecule has 216 valence electrons. The van der Waals surface area contributed by atoms with E-state index < -0.39 is 30.1 Å². The molecule has 8 heteroatoms. The predicted molar refractivity (Wildman–Crippen MR) is 159 cm³/mol. The van der Waals surface area contributed by atoms with Gasteiger partial charge < -0.3 is 24.8 Å². The first-order valence-electron chi connectivity index (χ1n) is 13.6. The Morgan fingerprint density at radius 3 is 1.67 bits per heavy atom. The maximum Gasteiger partial charge on any atom is 0.408 e. The van der Waals surface area contributed by atoms with Crippen LogP contribution in [0.1, 0.15) is 22.3 Å². The third-order valence-electron chi connectivity index (χ3n) is 6.52. The van der Waals surface area contributed by atoms with Gasteiger partial charge in [-0.25, -0.2) is 9.59 Å². The first-order valence-corrected chi connectivity index (χ1v) is 13.6. The highest BCUT2D eigenvalue weighted by Gasteiger charge is 2.28. The number of rotatable bonds is 13. The van der Waals surface area contributed by atoms with Crippen molar-refractivity contribution >= 4 is 18.0 Å². The summed E-state index contributed by atoms with van der Waals surface area (Å²) in [6.45, 7) is 0.476. The molecular formula is C34H34N2O6. The smallest absolute Gasteiger partial charge is 0.408 e. The van der Waals surface area contributed by atoms with Crippen molar-refractivity contribution in [1.82, 2.24) is 10.6 Å². The number of ether oxygens (including phenoxy) is 3. The van der Waals surface area contributed by atoms with Crippen molar-refractivity contribution in [3.63, 3.8) is 0 Å². The molecule has 0 saturated carbocycles. The maximum absolute atomic E-state index is 13.5. The fourth-order valence-corrected chi connectivity index (χ4v) is 4.27. The van der Waals surface area contributed by atoms with Crippen LogP contribution in [0.3, 0.4) is 0 Å². The second kappa shape index (κ2) is 15.6. The summed E-state index contributed by atoms with van der Waals surface area (Å²) in [5, 5.41) is 5.42. The van der Waals surface area contributed by atoms with E-state index in [-0.39, 0.29) is 19.4 Å². The van der Waals surface area contributed by atoms with Gasteiger partial charge in [0.05, 0.1) is 7.11 Å². The van der Waals surface area contributed by atoms with Gasteiger partial charge in [-0.2, -0.15) is 0 Å². The topological polar surface area (TPSA) is 103 Å². The van der Waals surface area contributed by atoms with Crippen molar-refractivity contribution in [3.05, 3.63) is 138 Å². The first-order chi connectivity index (χ1) is 20.5. The normalized spacial score (nSPS) is 11.9.